The van der Waals surface area contributed by atoms with Crippen molar-refractivity contribution in [1.29, 1.82) is 0 Å². The number of rotatable bonds is 0. The van der Waals surface area contributed by atoms with Crippen LogP contribution in [-0.4, -0.2) is 4.98 Å². The molecule has 3 rings (SSSR count). The minimum Gasteiger partial charge on any atom is -0.454 e. The van der Waals surface area contributed by atoms with Crippen LogP contribution in [0.5, 0.6) is 0 Å². The molecule has 68 valence electrons. The largest absolute Gasteiger partial charge is 0.454 e. The lowest BCUT2D eigenvalue weighted by molar-refractivity contribution is 0.667. The van der Waals surface area contributed by atoms with Gasteiger partial charge in [0.2, 0.25) is 0 Å². The van der Waals surface area contributed by atoms with Gasteiger partial charge in [-0.25, -0.2) is 0 Å². The Morgan fingerprint density at radius 1 is 1.14 bits per heavy atom. The molecule has 3 heteroatoms. The predicted molar refractivity (Wildman–Crippen MR) is 59.2 cm³/mol. The van der Waals surface area contributed by atoms with Gasteiger partial charge in [0.1, 0.15) is 5.58 Å². The molecule has 0 fully saturated rings. The third kappa shape index (κ3) is 0.990. The first-order valence-corrected chi connectivity index (χ1v) is 5.06. The van der Waals surface area contributed by atoms with Crippen molar-refractivity contribution in [1.82, 2.24) is 4.98 Å². The second kappa shape index (κ2) is 2.82. The minimum absolute atomic E-state index is 0.828. The molecule has 14 heavy (non-hydrogen) atoms. The van der Waals surface area contributed by atoms with Gasteiger partial charge in [-0.15, -0.1) is 0 Å². The van der Waals surface area contributed by atoms with E-state index in [2.05, 4.69) is 20.9 Å². The molecular weight excluding hydrogens is 242 g/mol. The van der Waals surface area contributed by atoms with E-state index in [1.165, 1.54) is 0 Å². The molecule has 0 saturated carbocycles. The smallest absolute Gasteiger partial charge is 0.153 e. The molecule has 2 heterocycles. The Kier molecular flexibility index (Phi) is 1.61. The van der Waals surface area contributed by atoms with Crippen LogP contribution >= 0.6 is 15.9 Å². The number of hydrogen-bond donors (Lipinski definition) is 0. The summed E-state index contributed by atoms with van der Waals surface area (Å²) in [7, 11) is 0. The summed E-state index contributed by atoms with van der Waals surface area (Å²) in [6, 6.07) is 7.89. The molecule has 2 nitrogen and oxygen atoms in total. The Morgan fingerprint density at radius 2 is 2.07 bits per heavy atom. The van der Waals surface area contributed by atoms with Gasteiger partial charge in [-0.1, -0.05) is 22.0 Å². The molecule has 3 aromatic rings. The first-order chi connectivity index (χ1) is 6.86. The van der Waals surface area contributed by atoms with Crippen molar-refractivity contribution in [3.05, 3.63) is 41.1 Å². The van der Waals surface area contributed by atoms with Gasteiger partial charge < -0.3 is 4.42 Å². The number of fused-ring (bicyclic) bond motifs is 3. The fourth-order valence-electron chi connectivity index (χ4n) is 1.64. The lowest BCUT2D eigenvalue weighted by Crippen LogP contribution is -1.69. The Balaban J connectivity index is 2.65. The van der Waals surface area contributed by atoms with Gasteiger partial charge in [0, 0.05) is 21.4 Å². The molecule has 0 aliphatic heterocycles. The Hall–Kier alpha value is -1.35. The minimum atomic E-state index is 0.828. The maximum absolute atomic E-state index is 5.64. The van der Waals surface area contributed by atoms with E-state index in [0.717, 1.165) is 26.4 Å². The molecule has 2 aromatic heterocycles. The highest BCUT2D eigenvalue weighted by Crippen LogP contribution is 2.33. The van der Waals surface area contributed by atoms with Gasteiger partial charge in [0.25, 0.3) is 0 Å². The van der Waals surface area contributed by atoms with E-state index >= 15 is 0 Å². The van der Waals surface area contributed by atoms with E-state index in [4.69, 9.17) is 4.42 Å². The van der Waals surface area contributed by atoms with Crippen LogP contribution in [0.15, 0.2) is 45.5 Å². The number of furan rings is 1. The van der Waals surface area contributed by atoms with Crippen molar-refractivity contribution in [2.75, 3.05) is 0 Å². The van der Waals surface area contributed by atoms with Crippen LogP contribution in [0.25, 0.3) is 21.9 Å². The monoisotopic (exact) mass is 247 g/mol. The van der Waals surface area contributed by atoms with Crippen molar-refractivity contribution in [2.24, 2.45) is 0 Å². The van der Waals surface area contributed by atoms with Crippen molar-refractivity contribution < 1.29 is 4.42 Å². The van der Waals surface area contributed by atoms with Crippen LogP contribution in [0, 0.1) is 0 Å². The Labute approximate surface area is 88.7 Å². The van der Waals surface area contributed by atoms with Crippen LogP contribution in [-0.2, 0) is 0 Å². The molecule has 0 radical (unpaired) electrons. The summed E-state index contributed by atoms with van der Waals surface area (Å²) in [6.45, 7) is 0. The summed E-state index contributed by atoms with van der Waals surface area (Å²) in [5.74, 6) is 0. The number of hydrogen-bond acceptors (Lipinski definition) is 2. The van der Waals surface area contributed by atoms with Crippen LogP contribution in [0.2, 0.25) is 0 Å². The number of benzene rings is 1. The molecule has 0 unspecified atom stereocenters. The van der Waals surface area contributed by atoms with Gasteiger partial charge in [-0.3, -0.25) is 4.98 Å². The molecule has 0 atom stereocenters. The van der Waals surface area contributed by atoms with E-state index in [-0.39, 0.29) is 0 Å². The fourth-order valence-corrected chi connectivity index (χ4v) is 2.20. The van der Waals surface area contributed by atoms with E-state index in [0.29, 0.717) is 0 Å². The standard InChI is InChI=1S/C11H6BrNO/c12-8-2-1-3-9-11(8)7-4-5-13-6-10(7)14-9/h1-6H. The molecule has 0 N–H and O–H groups in total. The lowest BCUT2D eigenvalue weighted by Gasteiger charge is -1.91. The summed E-state index contributed by atoms with van der Waals surface area (Å²) in [6.07, 6.45) is 3.51. The van der Waals surface area contributed by atoms with Crippen LogP contribution in [0.4, 0.5) is 0 Å². The zero-order chi connectivity index (χ0) is 9.54. The second-order valence-corrected chi connectivity index (χ2v) is 3.94. The second-order valence-electron chi connectivity index (χ2n) is 3.09. The highest BCUT2D eigenvalue weighted by molar-refractivity contribution is 9.10. The molecule has 0 amide bonds. The van der Waals surface area contributed by atoms with E-state index in [1.807, 2.05) is 24.3 Å². The molecule has 0 aliphatic carbocycles. The van der Waals surface area contributed by atoms with Gasteiger partial charge in [0.05, 0.1) is 6.20 Å². The quantitative estimate of drug-likeness (QED) is 0.605. The van der Waals surface area contributed by atoms with Crippen molar-refractivity contribution in [3.63, 3.8) is 0 Å². The molecule has 1 aromatic carbocycles. The van der Waals surface area contributed by atoms with Crippen molar-refractivity contribution in [2.45, 2.75) is 0 Å². The maximum Gasteiger partial charge on any atom is 0.153 e. The molecule has 0 bridgehead atoms. The van der Waals surface area contributed by atoms with E-state index in [1.54, 1.807) is 12.4 Å². The van der Waals surface area contributed by atoms with Gasteiger partial charge >= 0.3 is 0 Å². The predicted octanol–water partition coefficient (Wildman–Crippen LogP) is 3.74. The molecule has 0 aliphatic rings. The van der Waals surface area contributed by atoms with Gasteiger partial charge in [-0.2, -0.15) is 0 Å². The summed E-state index contributed by atoms with van der Waals surface area (Å²) < 4.78 is 6.70. The van der Waals surface area contributed by atoms with Gasteiger partial charge in [0.15, 0.2) is 5.58 Å². The average molecular weight is 248 g/mol. The Bertz CT molecular complexity index is 615. The number of halogens is 1. The van der Waals surface area contributed by atoms with Crippen LogP contribution in [0.3, 0.4) is 0 Å². The van der Waals surface area contributed by atoms with Crippen LogP contribution in [0.1, 0.15) is 0 Å². The fraction of sp³-hybridized carbons (Fsp3) is 0. The summed E-state index contributed by atoms with van der Waals surface area (Å²) in [5.41, 5.74) is 1.72. The summed E-state index contributed by atoms with van der Waals surface area (Å²) in [5, 5.41) is 2.22. The Morgan fingerprint density at radius 3 is 3.00 bits per heavy atom. The first kappa shape index (κ1) is 8.00. The van der Waals surface area contributed by atoms with Gasteiger partial charge in [-0.05, 0) is 18.2 Å². The summed E-state index contributed by atoms with van der Waals surface area (Å²) in [4.78, 5) is 4.03. The number of pyridine rings is 1. The SMILES string of the molecule is Brc1cccc2oc3cnccc3c12. The normalized spacial score (nSPS) is 11.2. The zero-order valence-electron chi connectivity index (χ0n) is 7.20. The zero-order valence-corrected chi connectivity index (χ0v) is 8.78. The van der Waals surface area contributed by atoms with Crippen molar-refractivity contribution in [3.8, 4) is 0 Å². The maximum atomic E-state index is 5.64. The van der Waals surface area contributed by atoms with E-state index in [9.17, 15) is 0 Å². The van der Waals surface area contributed by atoms with E-state index < -0.39 is 0 Å². The molecule has 0 spiro atoms. The molecular formula is C11H6BrNO. The molecule has 0 saturated heterocycles. The average Bonchev–Trinajstić information content (AvgIpc) is 2.57. The van der Waals surface area contributed by atoms with Crippen LogP contribution < -0.4 is 0 Å². The third-order valence-electron chi connectivity index (χ3n) is 2.25. The number of aromatic nitrogens is 1. The highest BCUT2D eigenvalue weighted by Gasteiger charge is 2.08. The van der Waals surface area contributed by atoms with Crippen molar-refractivity contribution >= 4 is 37.9 Å². The number of nitrogens with zero attached hydrogens (tertiary/aromatic N) is 1. The summed E-state index contributed by atoms with van der Waals surface area (Å²) >= 11 is 3.52. The topological polar surface area (TPSA) is 26.0 Å². The third-order valence-corrected chi connectivity index (χ3v) is 2.91. The highest BCUT2D eigenvalue weighted by atomic mass is 79.9. The lowest BCUT2D eigenvalue weighted by atomic mass is 10.2. The first-order valence-electron chi connectivity index (χ1n) is 4.27.